The van der Waals surface area contributed by atoms with Gasteiger partial charge in [-0.1, -0.05) is 103 Å². The van der Waals surface area contributed by atoms with Crippen LogP contribution in [0, 0.1) is 63.9 Å². The van der Waals surface area contributed by atoms with Crippen molar-refractivity contribution in [2.75, 3.05) is 0 Å². The maximum atomic E-state index is 12.2. The van der Waals surface area contributed by atoms with Crippen LogP contribution in [0.1, 0.15) is 112 Å². The number of hydrogen-bond acceptors (Lipinski definition) is 5. The van der Waals surface area contributed by atoms with E-state index in [0.717, 1.165) is 96.3 Å². The number of hydrogen-bond donors (Lipinski definition) is 1. The normalized spacial score (nSPS) is 11.1. The van der Waals surface area contributed by atoms with Crippen LogP contribution in [0.2, 0.25) is 0 Å². The minimum atomic E-state index is 0. The summed E-state index contributed by atoms with van der Waals surface area (Å²) in [7, 11) is 0. The number of nitrogens with zero attached hydrogens (tertiary/aromatic N) is 3. The van der Waals surface area contributed by atoms with Crippen molar-refractivity contribution in [3.8, 4) is 39.8 Å². The third-order valence-corrected chi connectivity index (χ3v) is 8.96. The molecule has 0 saturated carbocycles. The summed E-state index contributed by atoms with van der Waals surface area (Å²) in [6.45, 7) is 18.8. The summed E-state index contributed by atoms with van der Waals surface area (Å²) in [5.41, 5.74) is 11.7. The van der Waals surface area contributed by atoms with Gasteiger partial charge in [0.15, 0.2) is 5.78 Å². The molecule has 5 nitrogen and oxygen atoms in total. The molecule has 0 atom stereocenters. The molecule has 0 aliphatic rings. The number of aliphatic hydroxyl groups excluding tert-OH is 1. The predicted octanol–water partition coefficient (Wildman–Crippen LogP) is 12.1. The second-order valence-corrected chi connectivity index (χ2v) is 13.7. The van der Waals surface area contributed by atoms with E-state index in [9.17, 15) is 15.2 Å². The van der Waals surface area contributed by atoms with E-state index >= 15 is 0 Å². The molecule has 1 heterocycles. The molecule has 273 valence electrons. The molecule has 0 fully saturated rings. The molecule has 1 N–H and O–H groups in total. The SMILES string of the molecule is CCCC(CCC)C(=O)/C=C(\O)C(CCC)CCC.Cc1[c-]c(-c2ncc(-c3ccc(C#N)cc3C)nc2-c2cc(C)cc(C)c2)cc(C)c1.[Ir]. The van der Waals surface area contributed by atoms with Gasteiger partial charge in [-0.3, -0.25) is 9.78 Å². The summed E-state index contributed by atoms with van der Waals surface area (Å²) < 4.78 is 0. The smallest absolute Gasteiger partial charge is 0.162 e. The third kappa shape index (κ3) is 12.7. The first-order valence-electron chi connectivity index (χ1n) is 18.4. The summed E-state index contributed by atoms with van der Waals surface area (Å²) in [4.78, 5) is 22.2. The molecule has 6 heteroatoms. The molecule has 0 amide bonds. The van der Waals surface area contributed by atoms with Crippen molar-refractivity contribution >= 4 is 5.78 Å². The average Bonchev–Trinajstić information content (AvgIpc) is 3.07. The van der Waals surface area contributed by atoms with E-state index in [0.29, 0.717) is 11.3 Å². The molecule has 0 unspecified atom stereocenters. The number of carbonyl (C=O) groups is 1. The number of allylic oxidation sites excluding steroid dienone is 2. The van der Waals surface area contributed by atoms with Crippen molar-refractivity contribution in [3.05, 3.63) is 106 Å². The first-order chi connectivity index (χ1) is 23.9. The first-order valence-corrected chi connectivity index (χ1v) is 18.4. The van der Waals surface area contributed by atoms with Gasteiger partial charge in [0, 0.05) is 55.5 Å². The Morgan fingerprint density at radius 2 is 1.37 bits per heavy atom. The molecule has 3 aromatic carbocycles. The number of carbonyl (C=O) groups excluding carboxylic acids is 1. The Hall–Kier alpha value is -3.91. The van der Waals surface area contributed by atoms with Crippen molar-refractivity contribution in [1.82, 2.24) is 9.97 Å². The van der Waals surface area contributed by atoms with E-state index < -0.39 is 0 Å². The summed E-state index contributed by atoms with van der Waals surface area (Å²) >= 11 is 0. The fourth-order valence-electron chi connectivity index (χ4n) is 6.72. The van der Waals surface area contributed by atoms with Crippen molar-refractivity contribution < 1.29 is 30.0 Å². The maximum absolute atomic E-state index is 12.2. The van der Waals surface area contributed by atoms with Crippen LogP contribution < -0.4 is 0 Å². The molecule has 0 aliphatic heterocycles. The van der Waals surface area contributed by atoms with E-state index in [1.807, 2.05) is 31.3 Å². The Bertz CT molecular complexity index is 1770. The van der Waals surface area contributed by atoms with Gasteiger partial charge in [-0.15, -0.1) is 34.9 Å². The van der Waals surface area contributed by atoms with E-state index in [1.165, 1.54) is 22.8 Å². The van der Waals surface area contributed by atoms with Gasteiger partial charge in [0.2, 0.25) is 0 Å². The zero-order valence-corrected chi connectivity index (χ0v) is 34.5. The second kappa shape index (κ2) is 21.5. The van der Waals surface area contributed by atoms with Crippen LogP contribution in [0.4, 0.5) is 0 Å². The Morgan fingerprint density at radius 3 is 1.90 bits per heavy atom. The molecular weight excluding hydrogens is 807 g/mol. The summed E-state index contributed by atoms with van der Waals surface area (Å²) in [5, 5.41) is 19.4. The Labute approximate surface area is 321 Å². The monoisotopic (exact) mass is 863 g/mol. The van der Waals surface area contributed by atoms with Gasteiger partial charge in [-0.2, -0.15) is 5.26 Å². The van der Waals surface area contributed by atoms with Crippen LogP contribution in [0.3, 0.4) is 0 Å². The van der Waals surface area contributed by atoms with Gasteiger partial charge in [0.25, 0.3) is 0 Å². The van der Waals surface area contributed by atoms with E-state index in [4.69, 9.17) is 9.97 Å². The van der Waals surface area contributed by atoms with Gasteiger partial charge in [-0.05, 0) is 69.7 Å². The van der Waals surface area contributed by atoms with Crippen LogP contribution in [0.15, 0.2) is 66.6 Å². The van der Waals surface area contributed by atoms with Crippen molar-refractivity contribution in [2.24, 2.45) is 11.8 Å². The largest absolute Gasteiger partial charge is 0.512 e. The van der Waals surface area contributed by atoms with Crippen LogP contribution in [0.25, 0.3) is 33.8 Å². The summed E-state index contributed by atoms with van der Waals surface area (Å²) in [6.07, 6.45) is 11.3. The average molecular weight is 863 g/mol. The predicted molar refractivity (Wildman–Crippen MR) is 208 cm³/mol. The quantitative estimate of drug-likeness (QED) is 0.0775. The zero-order chi connectivity index (χ0) is 36.8. The molecule has 0 saturated heterocycles. The Balaban J connectivity index is 0.000000392. The van der Waals surface area contributed by atoms with Crippen LogP contribution >= 0.6 is 0 Å². The molecule has 0 spiro atoms. The summed E-state index contributed by atoms with van der Waals surface area (Å²) in [5.74, 6) is 0.702. The fraction of sp³-hybridized carbons (Fsp3) is 0.422. The maximum Gasteiger partial charge on any atom is 0.162 e. The van der Waals surface area contributed by atoms with Gasteiger partial charge >= 0.3 is 0 Å². The number of ketones is 1. The van der Waals surface area contributed by atoms with E-state index in [-0.39, 0.29) is 37.7 Å². The topological polar surface area (TPSA) is 86.9 Å². The minimum Gasteiger partial charge on any atom is -0.512 e. The standard InChI is InChI=1S/C28H24N3.C17H32O2.Ir/c1-17-8-18(2)11-23(10-17)27-28(24-12-19(3)9-20(4)13-24)31-26(16-30-27)25-7-6-22(15-29)14-21(25)5;1-5-9-14(10-6-2)16(18)13-17(19)15(11-7-3)12-8-4;/h6-10,12-14,16H,1-5H3;13-15,18H,5-12H2,1-4H3;/q-1;;/b;16-13-;. The molecule has 4 rings (SSSR count). The second-order valence-electron chi connectivity index (χ2n) is 13.7. The van der Waals surface area contributed by atoms with Crippen LogP contribution in [0.5, 0.6) is 0 Å². The summed E-state index contributed by atoms with van der Waals surface area (Å²) in [6, 6.07) is 22.0. The molecule has 51 heavy (non-hydrogen) atoms. The number of nitriles is 1. The molecule has 1 radical (unpaired) electrons. The number of rotatable bonds is 14. The van der Waals surface area contributed by atoms with Crippen LogP contribution in [-0.2, 0) is 24.9 Å². The van der Waals surface area contributed by atoms with Crippen molar-refractivity contribution in [2.45, 2.75) is 114 Å². The molecule has 0 aliphatic carbocycles. The first kappa shape index (κ1) is 43.3. The van der Waals surface area contributed by atoms with Gasteiger partial charge in [0.1, 0.15) is 0 Å². The van der Waals surface area contributed by atoms with Gasteiger partial charge < -0.3 is 10.1 Å². The Morgan fingerprint density at radius 1 is 0.804 bits per heavy atom. The van der Waals surface area contributed by atoms with E-state index in [1.54, 1.807) is 0 Å². The van der Waals surface area contributed by atoms with Crippen molar-refractivity contribution in [1.29, 1.82) is 5.26 Å². The van der Waals surface area contributed by atoms with Gasteiger partial charge in [0.05, 0.1) is 28.8 Å². The number of aromatic nitrogens is 2. The molecule has 4 aromatic rings. The third-order valence-electron chi connectivity index (χ3n) is 8.96. The fourth-order valence-corrected chi connectivity index (χ4v) is 6.72. The van der Waals surface area contributed by atoms with Crippen LogP contribution in [-0.4, -0.2) is 20.9 Å². The van der Waals surface area contributed by atoms with Crippen molar-refractivity contribution in [3.63, 3.8) is 0 Å². The van der Waals surface area contributed by atoms with E-state index in [2.05, 4.69) is 97.9 Å². The molecule has 1 aromatic heterocycles. The van der Waals surface area contributed by atoms with Gasteiger partial charge in [-0.25, -0.2) is 0 Å². The molecular formula is C45H56IrN3O2-. The number of aryl methyl sites for hydroxylation is 5. The minimum absolute atomic E-state index is 0. The Kier molecular flexibility index (Phi) is 18.2. The number of benzene rings is 3. The zero-order valence-electron chi connectivity index (χ0n) is 32.1. The number of aliphatic hydroxyl groups is 1. The molecule has 0 bridgehead atoms.